The fraction of sp³-hybridized carbons (Fsp3) is 0.333. The van der Waals surface area contributed by atoms with Crippen LogP contribution in [0.15, 0.2) is 28.7 Å². The van der Waals surface area contributed by atoms with Crippen LogP contribution in [0.5, 0.6) is 11.5 Å². The number of anilines is 1. The zero-order valence-corrected chi connectivity index (χ0v) is 14.4. The third-order valence-electron chi connectivity index (χ3n) is 3.42. The van der Waals surface area contributed by atoms with Gasteiger partial charge in [0.2, 0.25) is 11.7 Å². The third kappa shape index (κ3) is 4.76. The molecule has 0 unspecified atom stereocenters. The Hall–Kier alpha value is -2.96. The third-order valence-corrected chi connectivity index (χ3v) is 3.42. The van der Waals surface area contributed by atoms with Gasteiger partial charge in [0.15, 0.2) is 11.5 Å². The van der Waals surface area contributed by atoms with Crippen molar-refractivity contribution in [2.75, 3.05) is 12.4 Å². The van der Waals surface area contributed by atoms with Crippen LogP contribution in [0, 0.1) is 0 Å². The number of ether oxygens (including phenoxy) is 2. The number of hydrogen-bond acceptors (Lipinski definition) is 5. The van der Waals surface area contributed by atoms with Crippen LogP contribution >= 0.6 is 0 Å². The maximum absolute atomic E-state index is 11.5. The van der Waals surface area contributed by atoms with Gasteiger partial charge in [-0.3, -0.25) is 4.79 Å². The van der Waals surface area contributed by atoms with Crippen LogP contribution < -0.4 is 14.8 Å². The molecule has 1 heterocycles. The summed E-state index contributed by atoms with van der Waals surface area (Å²) in [5.41, 5.74) is 1.52. The second kappa shape index (κ2) is 8.23. The molecule has 1 aromatic carbocycles. The van der Waals surface area contributed by atoms with E-state index in [1.165, 1.54) is 26.2 Å². The van der Waals surface area contributed by atoms with Crippen LogP contribution in [0.1, 0.15) is 42.1 Å². The summed E-state index contributed by atoms with van der Waals surface area (Å²) >= 11 is 0. The molecule has 1 aromatic heterocycles. The first-order valence-electron chi connectivity index (χ1n) is 7.87. The zero-order valence-electron chi connectivity index (χ0n) is 14.4. The average Bonchev–Trinajstić information content (AvgIpc) is 3.02. The summed E-state index contributed by atoms with van der Waals surface area (Å²) in [5.74, 6) is -0.333. The molecule has 0 fully saturated rings. The van der Waals surface area contributed by atoms with E-state index in [-0.39, 0.29) is 18.3 Å². The fourth-order valence-corrected chi connectivity index (χ4v) is 2.39. The molecule has 0 bridgehead atoms. The van der Waals surface area contributed by atoms with Crippen LogP contribution in [0.2, 0.25) is 0 Å². The van der Waals surface area contributed by atoms with E-state index in [1.807, 2.05) is 12.1 Å². The standard InChI is InChI=1S/C18H21NO6/c1-4-5-12-8-14(19-11(2)20)17(16(9-12)23-3)24-10-13-6-7-15(25-13)18(21)22/h6-9H,4-5,10H2,1-3H3,(H,19,20)(H,21,22). The predicted octanol–water partition coefficient (Wildman–Crippen LogP) is 3.48. The van der Waals surface area contributed by atoms with E-state index in [1.54, 1.807) is 0 Å². The maximum Gasteiger partial charge on any atom is 0.371 e. The second-order valence-corrected chi connectivity index (χ2v) is 5.47. The Balaban J connectivity index is 2.29. The molecule has 0 radical (unpaired) electrons. The number of carbonyl (C=O) groups is 2. The highest BCUT2D eigenvalue weighted by atomic mass is 16.5. The lowest BCUT2D eigenvalue weighted by Crippen LogP contribution is -2.09. The van der Waals surface area contributed by atoms with Crippen LogP contribution in [0.4, 0.5) is 5.69 Å². The van der Waals surface area contributed by atoms with Gasteiger partial charge in [-0.15, -0.1) is 0 Å². The Kier molecular flexibility index (Phi) is 6.05. The van der Waals surface area contributed by atoms with Gasteiger partial charge in [-0.1, -0.05) is 13.3 Å². The highest BCUT2D eigenvalue weighted by molar-refractivity contribution is 5.91. The van der Waals surface area contributed by atoms with E-state index in [9.17, 15) is 9.59 Å². The highest BCUT2D eigenvalue weighted by Gasteiger charge is 2.16. The SMILES string of the molecule is CCCc1cc(NC(C)=O)c(OCc2ccc(C(=O)O)o2)c(OC)c1. The molecule has 1 amide bonds. The molecule has 7 heteroatoms. The first-order valence-corrected chi connectivity index (χ1v) is 7.87. The van der Waals surface area contributed by atoms with Crippen molar-refractivity contribution in [3.63, 3.8) is 0 Å². The van der Waals surface area contributed by atoms with Crippen molar-refractivity contribution in [1.29, 1.82) is 0 Å². The molecule has 0 aliphatic carbocycles. The summed E-state index contributed by atoms with van der Waals surface area (Å²) in [7, 11) is 1.52. The smallest absolute Gasteiger partial charge is 0.371 e. The number of aryl methyl sites for hydroxylation is 1. The van der Waals surface area contributed by atoms with Gasteiger partial charge in [0.1, 0.15) is 12.4 Å². The summed E-state index contributed by atoms with van der Waals surface area (Å²) in [6, 6.07) is 6.58. The molecule has 0 atom stereocenters. The minimum Gasteiger partial charge on any atom is -0.493 e. The predicted molar refractivity (Wildman–Crippen MR) is 91.3 cm³/mol. The Morgan fingerprint density at radius 2 is 2.04 bits per heavy atom. The quantitative estimate of drug-likeness (QED) is 0.759. The van der Waals surface area contributed by atoms with E-state index < -0.39 is 5.97 Å². The van der Waals surface area contributed by atoms with Crippen LogP contribution in [-0.2, 0) is 17.8 Å². The summed E-state index contributed by atoms with van der Waals surface area (Å²) in [6.45, 7) is 3.48. The van der Waals surface area contributed by atoms with Crippen LogP contribution in [0.3, 0.4) is 0 Å². The Morgan fingerprint density at radius 3 is 2.60 bits per heavy atom. The summed E-state index contributed by atoms with van der Waals surface area (Å²) in [6.07, 6.45) is 1.79. The lowest BCUT2D eigenvalue weighted by atomic mass is 10.1. The number of hydrogen-bond donors (Lipinski definition) is 2. The first-order chi connectivity index (χ1) is 11.9. The molecular weight excluding hydrogens is 326 g/mol. The number of nitrogens with one attached hydrogen (secondary N) is 1. The lowest BCUT2D eigenvalue weighted by Gasteiger charge is -2.16. The van der Waals surface area contributed by atoms with Crippen molar-refractivity contribution in [1.82, 2.24) is 0 Å². The maximum atomic E-state index is 11.5. The van der Waals surface area contributed by atoms with E-state index in [0.29, 0.717) is 22.9 Å². The molecule has 7 nitrogen and oxygen atoms in total. The molecule has 0 saturated heterocycles. The number of methoxy groups -OCH3 is 1. The molecule has 0 aliphatic heterocycles. The van der Waals surface area contributed by atoms with Gasteiger partial charge in [0.25, 0.3) is 0 Å². The van der Waals surface area contributed by atoms with Gasteiger partial charge in [0, 0.05) is 6.92 Å². The summed E-state index contributed by atoms with van der Waals surface area (Å²) in [5, 5.41) is 11.6. The van der Waals surface area contributed by atoms with Gasteiger partial charge in [-0.2, -0.15) is 0 Å². The van der Waals surface area contributed by atoms with Crippen LogP contribution in [-0.4, -0.2) is 24.1 Å². The van der Waals surface area contributed by atoms with Crippen molar-refractivity contribution in [2.24, 2.45) is 0 Å². The Labute approximate surface area is 145 Å². The minimum atomic E-state index is -1.15. The van der Waals surface area contributed by atoms with E-state index in [2.05, 4.69) is 12.2 Å². The number of rotatable bonds is 8. The van der Waals surface area contributed by atoms with Crippen molar-refractivity contribution >= 4 is 17.6 Å². The van der Waals surface area contributed by atoms with Gasteiger partial charge in [-0.25, -0.2) is 4.79 Å². The van der Waals surface area contributed by atoms with Gasteiger partial charge < -0.3 is 24.3 Å². The number of carboxylic acid groups (broad SMARTS) is 1. The van der Waals surface area contributed by atoms with Crippen molar-refractivity contribution in [2.45, 2.75) is 33.3 Å². The number of aromatic carboxylic acids is 1. The second-order valence-electron chi connectivity index (χ2n) is 5.47. The van der Waals surface area contributed by atoms with E-state index in [4.69, 9.17) is 19.0 Å². The van der Waals surface area contributed by atoms with Gasteiger partial charge in [0.05, 0.1) is 12.8 Å². The summed E-state index contributed by atoms with van der Waals surface area (Å²) < 4.78 is 16.3. The molecule has 2 aromatic rings. The number of furan rings is 1. The van der Waals surface area contributed by atoms with Crippen LogP contribution in [0.25, 0.3) is 0 Å². The van der Waals surface area contributed by atoms with E-state index in [0.717, 1.165) is 18.4 Å². The zero-order chi connectivity index (χ0) is 18.4. The first kappa shape index (κ1) is 18.4. The van der Waals surface area contributed by atoms with Crippen molar-refractivity contribution < 1.29 is 28.6 Å². The average molecular weight is 347 g/mol. The van der Waals surface area contributed by atoms with Gasteiger partial charge >= 0.3 is 5.97 Å². The van der Waals surface area contributed by atoms with Gasteiger partial charge in [-0.05, 0) is 36.2 Å². The lowest BCUT2D eigenvalue weighted by molar-refractivity contribution is -0.114. The molecule has 2 rings (SSSR count). The topological polar surface area (TPSA) is 98.0 Å². The highest BCUT2D eigenvalue weighted by Crippen LogP contribution is 2.38. The summed E-state index contributed by atoms with van der Waals surface area (Å²) in [4.78, 5) is 22.4. The largest absolute Gasteiger partial charge is 0.493 e. The molecule has 134 valence electrons. The molecular formula is C18H21NO6. The number of benzene rings is 1. The monoisotopic (exact) mass is 347 g/mol. The van der Waals surface area contributed by atoms with Crippen molar-refractivity contribution in [3.8, 4) is 11.5 Å². The molecule has 25 heavy (non-hydrogen) atoms. The van der Waals surface area contributed by atoms with Crippen molar-refractivity contribution in [3.05, 3.63) is 41.3 Å². The Morgan fingerprint density at radius 1 is 1.28 bits per heavy atom. The number of carboxylic acids is 1. The molecule has 0 spiro atoms. The number of carbonyl (C=O) groups excluding carboxylic acids is 1. The molecule has 0 aliphatic rings. The molecule has 2 N–H and O–H groups in total. The Bertz CT molecular complexity index is 765. The minimum absolute atomic E-state index is 0.00332. The number of amides is 1. The molecule has 0 saturated carbocycles. The van der Waals surface area contributed by atoms with E-state index >= 15 is 0 Å². The fourth-order valence-electron chi connectivity index (χ4n) is 2.39. The normalized spacial score (nSPS) is 10.4.